The van der Waals surface area contributed by atoms with E-state index < -0.39 is 17.5 Å². The maximum absolute atomic E-state index is 13.6. The predicted molar refractivity (Wildman–Crippen MR) is 93.4 cm³/mol. The van der Waals surface area contributed by atoms with Gasteiger partial charge >= 0.3 is 0 Å². The maximum Gasteiger partial charge on any atom is 0.260 e. The lowest BCUT2D eigenvalue weighted by molar-refractivity contribution is 0.102. The summed E-state index contributed by atoms with van der Waals surface area (Å²) in [5.74, 6) is -1.74. The Bertz CT molecular complexity index is 946. The van der Waals surface area contributed by atoms with Gasteiger partial charge in [-0.05, 0) is 36.4 Å². The van der Waals surface area contributed by atoms with Crippen LogP contribution in [-0.4, -0.2) is 18.0 Å². The molecule has 25 heavy (non-hydrogen) atoms. The lowest BCUT2D eigenvalue weighted by Crippen LogP contribution is -2.13. The molecule has 1 aromatic heterocycles. The first-order valence-corrected chi connectivity index (χ1v) is 8.29. The molecule has 1 N–H and O–H groups in total. The van der Waals surface area contributed by atoms with E-state index in [1.165, 1.54) is 7.11 Å². The van der Waals surface area contributed by atoms with Crippen LogP contribution >= 0.6 is 22.9 Å². The van der Waals surface area contributed by atoms with E-state index in [9.17, 15) is 13.6 Å². The fraction of sp³-hybridized carbons (Fsp3) is 0.0588. The number of anilines is 1. The molecular weight excluding hydrogens is 370 g/mol. The van der Waals surface area contributed by atoms with Crippen molar-refractivity contribution in [2.45, 2.75) is 0 Å². The minimum Gasteiger partial charge on any atom is -0.495 e. The molecule has 0 saturated carbocycles. The molecular formula is C17H11ClF2N2O2S. The van der Waals surface area contributed by atoms with Crippen LogP contribution in [0.4, 0.5) is 13.9 Å². The molecule has 0 fully saturated rings. The van der Waals surface area contributed by atoms with Crippen LogP contribution in [0.25, 0.3) is 11.3 Å². The number of rotatable bonds is 4. The third-order valence-electron chi connectivity index (χ3n) is 3.35. The van der Waals surface area contributed by atoms with Crippen LogP contribution in [0.5, 0.6) is 5.75 Å². The molecule has 0 aliphatic rings. The SMILES string of the molecule is COc1ccc(-c2csc(NC(=O)c3cc(F)ccc3F)n2)cc1Cl. The number of thiazole rings is 1. The van der Waals surface area contributed by atoms with E-state index in [1.54, 1.807) is 23.6 Å². The van der Waals surface area contributed by atoms with Gasteiger partial charge in [-0.25, -0.2) is 13.8 Å². The van der Waals surface area contributed by atoms with Crippen LogP contribution in [0, 0.1) is 11.6 Å². The van der Waals surface area contributed by atoms with Gasteiger partial charge in [0.2, 0.25) is 0 Å². The summed E-state index contributed by atoms with van der Waals surface area (Å²) in [4.78, 5) is 16.3. The molecule has 2 aromatic carbocycles. The highest BCUT2D eigenvalue weighted by Crippen LogP contribution is 2.31. The monoisotopic (exact) mass is 380 g/mol. The first-order valence-electron chi connectivity index (χ1n) is 7.04. The van der Waals surface area contributed by atoms with Crippen molar-refractivity contribution in [3.63, 3.8) is 0 Å². The molecule has 0 unspecified atom stereocenters. The molecule has 3 rings (SSSR count). The topological polar surface area (TPSA) is 51.2 Å². The Balaban J connectivity index is 1.81. The predicted octanol–water partition coefficient (Wildman–Crippen LogP) is 5.00. The number of carbonyl (C=O) groups is 1. The van der Waals surface area contributed by atoms with Crippen LogP contribution < -0.4 is 10.1 Å². The summed E-state index contributed by atoms with van der Waals surface area (Å²) < 4.78 is 31.9. The number of halogens is 3. The van der Waals surface area contributed by atoms with Gasteiger partial charge in [0.15, 0.2) is 5.13 Å². The summed E-state index contributed by atoms with van der Waals surface area (Å²) in [6.45, 7) is 0. The van der Waals surface area contributed by atoms with Gasteiger partial charge in [-0.2, -0.15) is 0 Å². The van der Waals surface area contributed by atoms with E-state index in [0.29, 0.717) is 16.5 Å². The zero-order chi connectivity index (χ0) is 18.0. The minimum absolute atomic E-state index is 0.260. The molecule has 1 heterocycles. The fourth-order valence-electron chi connectivity index (χ4n) is 2.13. The third kappa shape index (κ3) is 3.78. The molecule has 1 amide bonds. The first kappa shape index (κ1) is 17.3. The van der Waals surface area contributed by atoms with E-state index in [1.807, 2.05) is 0 Å². The Morgan fingerprint density at radius 2 is 2.04 bits per heavy atom. The number of ether oxygens (including phenoxy) is 1. The van der Waals surface area contributed by atoms with Crippen molar-refractivity contribution in [1.82, 2.24) is 4.98 Å². The van der Waals surface area contributed by atoms with Gasteiger partial charge in [0, 0.05) is 10.9 Å². The average molecular weight is 381 g/mol. The standard InChI is InChI=1S/C17H11ClF2N2O2S/c1-24-15-5-2-9(6-12(15)18)14-8-25-17(21-14)22-16(23)11-7-10(19)3-4-13(11)20/h2-8H,1H3,(H,21,22,23). The molecule has 0 aliphatic carbocycles. The molecule has 0 bridgehead atoms. The van der Waals surface area contributed by atoms with E-state index >= 15 is 0 Å². The van der Waals surface area contributed by atoms with E-state index in [4.69, 9.17) is 16.3 Å². The highest BCUT2D eigenvalue weighted by molar-refractivity contribution is 7.14. The molecule has 0 atom stereocenters. The van der Waals surface area contributed by atoms with Gasteiger partial charge in [-0.3, -0.25) is 10.1 Å². The number of hydrogen-bond acceptors (Lipinski definition) is 4. The van der Waals surface area contributed by atoms with Gasteiger partial charge in [0.1, 0.15) is 17.4 Å². The molecule has 3 aromatic rings. The van der Waals surface area contributed by atoms with Crippen LogP contribution in [-0.2, 0) is 0 Å². The van der Waals surface area contributed by atoms with Crippen molar-refractivity contribution in [2.24, 2.45) is 0 Å². The Hall–Kier alpha value is -2.51. The van der Waals surface area contributed by atoms with E-state index in [0.717, 1.165) is 35.1 Å². The van der Waals surface area contributed by atoms with Crippen LogP contribution in [0.1, 0.15) is 10.4 Å². The second-order valence-corrected chi connectivity index (χ2v) is 6.23. The number of aromatic nitrogens is 1. The summed E-state index contributed by atoms with van der Waals surface area (Å²) in [5.41, 5.74) is 0.938. The van der Waals surface area contributed by atoms with Crippen molar-refractivity contribution in [3.05, 3.63) is 64.0 Å². The summed E-state index contributed by atoms with van der Waals surface area (Å²) in [6, 6.07) is 7.85. The molecule has 0 saturated heterocycles. The van der Waals surface area contributed by atoms with Gasteiger partial charge in [-0.1, -0.05) is 11.6 Å². The van der Waals surface area contributed by atoms with Crippen LogP contribution in [0.15, 0.2) is 41.8 Å². The summed E-state index contributed by atoms with van der Waals surface area (Å²) in [5, 5.41) is 4.87. The molecule has 0 radical (unpaired) electrons. The normalized spacial score (nSPS) is 10.6. The Morgan fingerprint density at radius 3 is 2.76 bits per heavy atom. The highest BCUT2D eigenvalue weighted by atomic mass is 35.5. The van der Waals surface area contributed by atoms with Crippen molar-refractivity contribution in [2.75, 3.05) is 12.4 Å². The van der Waals surface area contributed by atoms with Crippen molar-refractivity contribution < 1.29 is 18.3 Å². The fourth-order valence-corrected chi connectivity index (χ4v) is 3.10. The van der Waals surface area contributed by atoms with E-state index in [-0.39, 0.29) is 10.7 Å². The molecule has 0 aliphatic heterocycles. The number of carbonyl (C=O) groups excluding carboxylic acids is 1. The van der Waals surface area contributed by atoms with Gasteiger partial charge in [0.25, 0.3) is 5.91 Å². The maximum atomic E-state index is 13.6. The molecule has 128 valence electrons. The van der Waals surface area contributed by atoms with Crippen molar-refractivity contribution >= 4 is 34.0 Å². The molecule has 8 heteroatoms. The number of nitrogens with one attached hydrogen (secondary N) is 1. The largest absolute Gasteiger partial charge is 0.495 e. The third-order valence-corrected chi connectivity index (χ3v) is 4.40. The zero-order valence-corrected chi connectivity index (χ0v) is 14.4. The van der Waals surface area contributed by atoms with E-state index in [2.05, 4.69) is 10.3 Å². The van der Waals surface area contributed by atoms with Crippen molar-refractivity contribution in [1.29, 1.82) is 0 Å². The molecule has 0 spiro atoms. The minimum atomic E-state index is -0.808. The number of nitrogens with zero attached hydrogens (tertiary/aromatic N) is 1. The number of methoxy groups -OCH3 is 1. The summed E-state index contributed by atoms with van der Waals surface area (Å²) in [7, 11) is 1.52. The van der Waals surface area contributed by atoms with Gasteiger partial charge in [0.05, 0.1) is 23.4 Å². The quantitative estimate of drug-likeness (QED) is 0.692. The smallest absolute Gasteiger partial charge is 0.260 e. The van der Waals surface area contributed by atoms with Crippen molar-refractivity contribution in [3.8, 4) is 17.0 Å². The summed E-state index contributed by atoms with van der Waals surface area (Å²) in [6.07, 6.45) is 0. The Labute approximate surface area is 151 Å². The van der Waals surface area contributed by atoms with Crippen LogP contribution in [0.2, 0.25) is 5.02 Å². The summed E-state index contributed by atoms with van der Waals surface area (Å²) >= 11 is 7.25. The zero-order valence-electron chi connectivity index (χ0n) is 12.8. The van der Waals surface area contributed by atoms with Gasteiger partial charge in [-0.15, -0.1) is 11.3 Å². The number of benzene rings is 2. The number of hydrogen-bond donors (Lipinski definition) is 1. The second kappa shape index (κ2) is 7.16. The van der Waals surface area contributed by atoms with Crippen LogP contribution in [0.3, 0.4) is 0 Å². The average Bonchev–Trinajstić information content (AvgIpc) is 3.05. The van der Waals surface area contributed by atoms with Gasteiger partial charge < -0.3 is 4.74 Å². The Morgan fingerprint density at radius 1 is 1.24 bits per heavy atom. The lowest BCUT2D eigenvalue weighted by Gasteiger charge is -2.04. The lowest BCUT2D eigenvalue weighted by atomic mass is 10.2. The first-order chi connectivity index (χ1) is 12.0. The highest BCUT2D eigenvalue weighted by Gasteiger charge is 2.15. The molecule has 4 nitrogen and oxygen atoms in total. The number of amides is 1. The Kier molecular flexibility index (Phi) is 4.96. The second-order valence-electron chi connectivity index (χ2n) is 4.97.